The number of carbonyl (C=O) groups excluding carboxylic acids is 1. The van der Waals surface area contributed by atoms with Gasteiger partial charge in [-0.1, -0.05) is 0 Å². The largest absolute Gasteiger partial charge is 0.481 e. The van der Waals surface area contributed by atoms with Crippen LogP contribution in [0.3, 0.4) is 0 Å². The molecule has 0 spiro atoms. The van der Waals surface area contributed by atoms with Gasteiger partial charge in [0, 0.05) is 26.2 Å². The first kappa shape index (κ1) is 22.8. The summed E-state index contributed by atoms with van der Waals surface area (Å²) in [4.78, 5) is 26.0. The van der Waals surface area contributed by atoms with Crippen LogP contribution in [0, 0.1) is 10.8 Å². The molecule has 2 aliphatic heterocycles. The monoisotopic (exact) mass is 378 g/mol. The number of carboxylic acid groups (broad SMARTS) is 1. The Morgan fingerprint density at radius 3 is 1.62 bits per heavy atom. The molecule has 2 unspecified atom stereocenters. The third kappa shape index (κ3) is 5.13. The lowest BCUT2D eigenvalue weighted by Crippen LogP contribution is -2.42. The maximum atomic E-state index is 13.7. The first-order chi connectivity index (χ1) is 11.6. The normalized spacial score (nSPS) is 35.7. The van der Waals surface area contributed by atoms with Crippen LogP contribution in [-0.2, 0) is 14.3 Å². The number of ether oxygens (including phenoxy) is 1. The highest BCUT2D eigenvalue weighted by Crippen LogP contribution is 2.34. The van der Waals surface area contributed by atoms with Gasteiger partial charge in [0.1, 0.15) is 28.8 Å². The summed E-state index contributed by atoms with van der Waals surface area (Å²) in [6.07, 6.45) is -2.39. The average molecular weight is 378 g/mol. The van der Waals surface area contributed by atoms with Crippen molar-refractivity contribution in [3.63, 3.8) is 0 Å². The third-order valence-corrected chi connectivity index (χ3v) is 4.88. The molecular weight excluding hydrogens is 346 g/mol. The van der Waals surface area contributed by atoms with Gasteiger partial charge in [-0.2, -0.15) is 0 Å². The molecule has 1 N–H and O–H groups in total. The highest BCUT2D eigenvalue weighted by Gasteiger charge is 2.50. The van der Waals surface area contributed by atoms with Crippen LogP contribution in [-0.4, -0.2) is 85.1 Å². The van der Waals surface area contributed by atoms with Gasteiger partial charge in [-0.05, 0) is 48.7 Å². The van der Waals surface area contributed by atoms with E-state index in [2.05, 4.69) is 0 Å². The number of alkyl halides is 2. The molecule has 26 heavy (non-hydrogen) atoms. The summed E-state index contributed by atoms with van der Waals surface area (Å²) in [5, 5.41) is 8.69. The van der Waals surface area contributed by atoms with E-state index in [1.807, 2.05) is 11.9 Å². The molecule has 2 saturated heterocycles. The lowest BCUT2D eigenvalue weighted by molar-refractivity contribution is -0.168. The molecule has 0 bridgehead atoms. The molecule has 0 aromatic carbocycles. The number of carboxylic acids is 1. The number of likely N-dealkylation sites (tertiary alicyclic amines) is 2. The Bertz CT molecular complexity index is 540. The minimum Gasteiger partial charge on any atom is -0.481 e. The highest BCUT2D eigenvalue weighted by atomic mass is 19.1. The van der Waals surface area contributed by atoms with E-state index in [0.717, 1.165) is 0 Å². The van der Waals surface area contributed by atoms with Gasteiger partial charge in [-0.3, -0.25) is 9.59 Å². The molecule has 0 aromatic heterocycles. The van der Waals surface area contributed by atoms with E-state index in [4.69, 9.17) is 9.84 Å². The molecule has 0 saturated carbocycles. The molecule has 2 aliphatic rings. The Hall–Kier alpha value is -1.28. The van der Waals surface area contributed by atoms with Crippen molar-refractivity contribution >= 4 is 11.9 Å². The van der Waals surface area contributed by atoms with Crippen LogP contribution in [0.1, 0.15) is 34.6 Å². The topological polar surface area (TPSA) is 70.1 Å². The second-order valence-corrected chi connectivity index (χ2v) is 8.97. The fraction of sp³-hybridized carbons (Fsp3) is 0.889. The van der Waals surface area contributed by atoms with E-state index in [1.54, 1.807) is 39.6 Å². The standard InChI is InChI=1S/C11H20FNO2.C7H12FNO2/c1-10(2,3)15-9(14)11(4)7-13(5)6-8(11)12;1-7(6(10)11)4-9(2)3-5(7)8/h8H,6-7H2,1-5H3;5H,3-4H2,1-2H3,(H,10,11)/t8?,11-;5?,7-/m11/s1. The Kier molecular flexibility index (Phi) is 6.79. The van der Waals surface area contributed by atoms with Crippen LogP contribution in [0.25, 0.3) is 0 Å². The zero-order valence-corrected chi connectivity index (χ0v) is 16.8. The van der Waals surface area contributed by atoms with Crippen LogP contribution >= 0.6 is 0 Å². The number of hydrogen-bond acceptors (Lipinski definition) is 5. The number of halogens is 2. The molecule has 0 aromatic rings. The van der Waals surface area contributed by atoms with Crippen molar-refractivity contribution in [3.05, 3.63) is 0 Å². The van der Waals surface area contributed by atoms with E-state index in [9.17, 15) is 18.4 Å². The van der Waals surface area contributed by atoms with E-state index >= 15 is 0 Å². The van der Waals surface area contributed by atoms with Gasteiger partial charge in [0.25, 0.3) is 0 Å². The van der Waals surface area contributed by atoms with Gasteiger partial charge in [0.05, 0.1) is 0 Å². The molecule has 2 heterocycles. The molecule has 8 heteroatoms. The Labute approximate surface area is 154 Å². The van der Waals surface area contributed by atoms with E-state index in [0.29, 0.717) is 19.6 Å². The Morgan fingerprint density at radius 2 is 1.38 bits per heavy atom. The lowest BCUT2D eigenvalue weighted by Gasteiger charge is -2.29. The van der Waals surface area contributed by atoms with Gasteiger partial charge in [-0.15, -0.1) is 0 Å². The maximum Gasteiger partial charge on any atom is 0.316 e. The van der Waals surface area contributed by atoms with Crippen LogP contribution in [0.5, 0.6) is 0 Å². The molecule has 0 aliphatic carbocycles. The minimum absolute atomic E-state index is 0.225. The van der Waals surface area contributed by atoms with Crippen molar-refractivity contribution in [2.24, 2.45) is 10.8 Å². The number of nitrogens with zero attached hydrogens (tertiary/aromatic N) is 2. The summed E-state index contributed by atoms with van der Waals surface area (Å²) in [6, 6.07) is 0. The van der Waals surface area contributed by atoms with Gasteiger partial charge in [-0.25, -0.2) is 8.78 Å². The smallest absolute Gasteiger partial charge is 0.316 e. The average Bonchev–Trinajstić information content (AvgIpc) is 2.85. The molecule has 2 fully saturated rings. The molecule has 0 radical (unpaired) electrons. The Balaban J connectivity index is 0.000000273. The van der Waals surface area contributed by atoms with Crippen LogP contribution < -0.4 is 0 Å². The number of aliphatic carboxylic acids is 1. The minimum atomic E-state index is -1.25. The van der Waals surface area contributed by atoms with Crippen molar-refractivity contribution in [2.45, 2.75) is 52.6 Å². The van der Waals surface area contributed by atoms with Gasteiger partial charge >= 0.3 is 11.9 Å². The predicted octanol–water partition coefficient (Wildman–Crippen LogP) is 1.98. The third-order valence-electron chi connectivity index (χ3n) is 4.88. The van der Waals surface area contributed by atoms with Gasteiger partial charge in [0.15, 0.2) is 0 Å². The number of hydrogen-bond donors (Lipinski definition) is 1. The molecule has 152 valence electrons. The summed E-state index contributed by atoms with van der Waals surface area (Å²) in [5.74, 6) is -1.48. The van der Waals surface area contributed by atoms with E-state index < -0.39 is 40.7 Å². The summed E-state index contributed by atoms with van der Waals surface area (Å²) >= 11 is 0. The summed E-state index contributed by atoms with van der Waals surface area (Å²) < 4.78 is 32.0. The first-order valence-electron chi connectivity index (χ1n) is 8.74. The van der Waals surface area contributed by atoms with Crippen molar-refractivity contribution in [1.29, 1.82) is 0 Å². The molecule has 0 amide bonds. The predicted molar refractivity (Wildman–Crippen MR) is 94.5 cm³/mol. The van der Waals surface area contributed by atoms with Crippen LogP contribution in [0.2, 0.25) is 0 Å². The second kappa shape index (κ2) is 7.76. The zero-order valence-electron chi connectivity index (χ0n) is 16.8. The highest BCUT2D eigenvalue weighted by molar-refractivity contribution is 5.78. The van der Waals surface area contributed by atoms with Gasteiger partial charge in [0.2, 0.25) is 0 Å². The van der Waals surface area contributed by atoms with E-state index in [1.165, 1.54) is 6.92 Å². The fourth-order valence-corrected chi connectivity index (χ4v) is 3.19. The number of rotatable bonds is 2. The maximum absolute atomic E-state index is 13.7. The van der Waals surface area contributed by atoms with Crippen LogP contribution in [0.15, 0.2) is 0 Å². The second-order valence-electron chi connectivity index (χ2n) is 8.97. The summed E-state index contributed by atoms with van der Waals surface area (Å²) in [6.45, 7) is 9.70. The van der Waals surface area contributed by atoms with E-state index in [-0.39, 0.29) is 6.54 Å². The van der Waals surface area contributed by atoms with Crippen LogP contribution in [0.4, 0.5) is 8.78 Å². The molecule has 2 rings (SSSR count). The fourth-order valence-electron chi connectivity index (χ4n) is 3.19. The first-order valence-corrected chi connectivity index (χ1v) is 8.74. The Morgan fingerprint density at radius 1 is 1.00 bits per heavy atom. The number of esters is 1. The van der Waals surface area contributed by atoms with Crippen molar-refractivity contribution < 1.29 is 28.2 Å². The van der Waals surface area contributed by atoms with Gasteiger partial charge < -0.3 is 19.6 Å². The zero-order chi connectivity index (χ0) is 20.5. The molecular formula is C18H32F2N2O4. The summed E-state index contributed by atoms with van der Waals surface area (Å²) in [5.41, 5.74) is -2.77. The molecule has 6 nitrogen and oxygen atoms in total. The summed E-state index contributed by atoms with van der Waals surface area (Å²) in [7, 11) is 3.53. The number of carbonyl (C=O) groups is 2. The molecule has 4 atom stereocenters. The van der Waals surface area contributed by atoms with Crippen molar-refractivity contribution in [2.75, 3.05) is 40.3 Å². The quantitative estimate of drug-likeness (QED) is 0.741. The van der Waals surface area contributed by atoms with Crippen molar-refractivity contribution in [3.8, 4) is 0 Å². The van der Waals surface area contributed by atoms with Crippen molar-refractivity contribution in [1.82, 2.24) is 9.80 Å². The lowest BCUT2D eigenvalue weighted by atomic mass is 9.88. The SMILES string of the molecule is CN1CC(F)[C@](C)(C(=O)O)C1.CN1CC(F)[C@](C)(C(=O)OC(C)(C)C)C1.